The number of benzene rings is 1. The van der Waals surface area contributed by atoms with Crippen LogP contribution in [0.25, 0.3) is 5.69 Å². The number of carbonyl (C=O) groups is 1. The van der Waals surface area contributed by atoms with E-state index in [9.17, 15) is 9.18 Å². The maximum absolute atomic E-state index is 14.1. The molecule has 1 saturated carbocycles. The van der Waals surface area contributed by atoms with E-state index in [-0.39, 0.29) is 12.5 Å². The van der Waals surface area contributed by atoms with Crippen LogP contribution >= 0.6 is 0 Å². The van der Waals surface area contributed by atoms with Crippen LogP contribution in [0.3, 0.4) is 0 Å². The highest BCUT2D eigenvalue weighted by molar-refractivity contribution is 5.93. The SMILES string of the molecule is Cc1nnn(-c2ccccc2F)c1COc1ccc(C(=O)NCC2CC2)cn1. The van der Waals surface area contributed by atoms with Gasteiger partial charge in [-0.15, -0.1) is 5.10 Å². The molecule has 2 heterocycles. The summed E-state index contributed by atoms with van der Waals surface area (Å²) in [5.41, 5.74) is 2.05. The predicted octanol–water partition coefficient (Wildman–Crippen LogP) is 2.83. The maximum Gasteiger partial charge on any atom is 0.252 e. The Kier molecular flexibility index (Phi) is 5.01. The molecule has 0 spiro atoms. The van der Waals surface area contributed by atoms with E-state index in [1.165, 1.54) is 29.8 Å². The molecule has 0 unspecified atom stereocenters. The largest absolute Gasteiger partial charge is 0.471 e. The van der Waals surface area contributed by atoms with Crippen molar-refractivity contribution in [1.29, 1.82) is 0 Å². The second-order valence-corrected chi connectivity index (χ2v) is 6.81. The van der Waals surface area contributed by atoms with Crippen LogP contribution in [0.4, 0.5) is 4.39 Å². The van der Waals surface area contributed by atoms with E-state index in [4.69, 9.17) is 4.74 Å². The zero-order chi connectivity index (χ0) is 19.5. The van der Waals surface area contributed by atoms with Gasteiger partial charge in [0.25, 0.3) is 5.91 Å². The summed E-state index contributed by atoms with van der Waals surface area (Å²) in [6.07, 6.45) is 3.85. The van der Waals surface area contributed by atoms with E-state index >= 15 is 0 Å². The average molecular weight is 381 g/mol. The van der Waals surface area contributed by atoms with Crippen molar-refractivity contribution >= 4 is 5.91 Å². The van der Waals surface area contributed by atoms with Gasteiger partial charge in [-0.1, -0.05) is 17.3 Å². The number of halogens is 1. The molecule has 0 saturated heterocycles. The highest BCUT2D eigenvalue weighted by Gasteiger charge is 2.22. The summed E-state index contributed by atoms with van der Waals surface area (Å²) in [5.74, 6) is 0.451. The lowest BCUT2D eigenvalue weighted by molar-refractivity contribution is 0.0951. The molecule has 4 rings (SSSR count). The van der Waals surface area contributed by atoms with Gasteiger partial charge < -0.3 is 10.1 Å². The van der Waals surface area contributed by atoms with Crippen molar-refractivity contribution in [3.63, 3.8) is 0 Å². The van der Waals surface area contributed by atoms with Crippen LogP contribution in [-0.2, 0) is 6.61 Å². The van der Waals surface area contributed by atoms with Crippen LogP contribution in [0.15, 0.2) is 42.6 Å². The van der Waals surface area contributed by atoms with Gasteiger partial charge in [0.15, 0.2) is 0 Å². The third-order valence-corrected chi connectivity index (χ3v) is 4.64. The lowest BCUT2D eigenvalue weighted by Crippen LogP contribution is -2.25. The zero-order valence-electron chi connectivity index (χ0n) is 15.4. The standard InChI is InChI=1S/C20H20FN5O2/c1-13-18(26(25-24-13)17-5-3-2-4-16(17)21)12-28-19-9-8-15(11-22-19)20(27)23-10-14-6-7-14/h2-5,8-9,11,14H,6-7,10,12H2,1H3,(H,23,27). The molecule has 2 aromatic heterocycles. The van der Waals surface area contributed by atoms with Gasteiger partial charge in [0.1, 0.15) is 23.8 Å². The minimum Gasteiger partial charge on any atom is -0.471 e. The normalized spacial score (nSPS) is 13.4. The Morgan fingerprint density at radius 2 is 2.11 bits per heavy atom. The number of hydrogen-bond acceptors (Lipinski definition) is 5. The van der Waals surface area contributed by atoms with Crippen LogP contribution in [0.1, 0.15) is 34.6 Å². The Labute approximate surface area is 161 Å². The van der Waals surface area contributed by atoms with Gasteiger partial charge in [0, 0.05) is 18.8 Å². The van der Waals surface area contributed by atoms with Crippen molar-refractivity contribution in [2.75, 3.05) is 6.54 Å². The molecule has 1 aromatic carbocycles. The molecule has 28 heavy (non-hydrogen) atoms. The number of aromatic nitrogens is 4. The first kappa shape index (κ1) is 18.1. The number of carbonyl (C=O) groups excluding carboxylic acids is 1. The van der Waals surface area contributed by atoms with E-state index in [0.29, 0.717) is 41.0 Å². The molecule has 1 aliphatic carbocycles. The minimum absolute atomic E-state index is 0.118. The number of aryl methyl sites for hydroxylation is 1. The number of nitrogens with one attached hydrogen (secondary N) is 1. The summed E-state index contributed by atoms with van der Waals surface area (Å²) < 4.78 is 21.2. The third kappa shape index (κ3) is 4.00. The molecule has 0 aliphatic heterocycles. The van der Waals surface area contributed by atoms with Crippen molar-refractivity contribution in [3.05, 3.63) is 65.4 Å². The molecule has 0 radical (unpaired) electrons. The number of ether oxygens (including phenoxy) is 1. The number of pyridine rings is 1. The molecule has 7 nitrogen and oxygen atoms in total. The summed E-state index contributed by atoms with van der Waals surface area (Å²) in [4.78, 5) is 16.2. The van der Waals surface area contributed by atoms with E-state index in [1.807, 2.05) is 0 Å². The molecule has 1 fully saturated rings. The molecule has 8 heteroatoms. The zero-order valence-corrected chi connectivity index (χ0v) is 15.4. The highest BCUT2D eigenvalue weighted by Crippen LogP contribution is 2.27. The molecule has 1 amide bonds. The Morgan fingerprint density at radius 3 is 2.82 bits per heavy atom. The van der Waals surface area contributed by atoms with Gasteiger partial charge in [-0.25, -0.2) is 14.1 Å². The molecule has 0 bridgehead atoms. The van der Waals surface area contributed by atoms with Gasteiger partial charge >= 0.3 is 0 Å². The molecular weight excluding hydrogens is 361 g/mol. The van der Waals surface area contributed by atoms with Gasteiger partial charge in [0.05, 0.1) is 11.3 Å². The molecule has 0 atom stereocenters. The lowest BCUT2D eigenvalue weighted by Gasteiger charge is -2.10. The first-order chi connectivity index (χ1) is 13.6. The van der Waals surface area contributed by atoms with E-state index in [1.54, 1.807) is 37.3 Å². The molecular formula is C20H20FN5O2. The summed E-state index contributed by atoms with van der Waals surface area (Å²) in [7, 11) is 0. The van der Waals surface area contributed by atoms with Crippen molar-refractivity contribution in [1.82, 2.24) is 25.3 Å². The van der Waals surface area contributed by atoms with Crippen molar-refractivity contribution in [2.45, 2.75) is 26.4 Å². The van der Waals surface area contributed by atoms with Crippen LogP contribution in [0.2, 0.25) is 0 Å². The minimum atomic E-state index is -0.395. The Hall–Kier alpha value is -3.29. The maximum atomic E-state index is 14.1. The van der Waals surface area contributed by atoms with Gasteiger partial charge in [-0.05, 0) is 43.9 Å². The summed E-state index contributed by atoms with van der Waals surface area (Å²) in [6, 6.07) is 9.65. The number of amides is 1. The van der Waals surface area contributed by atoms with Crippen molar-refractivity contribution in [2.24, 2.45) is 5.92 Å². The summed E-state index contributed by atoms with van der Waals surface area (Å²) in [6.45, 7) is 2.61. The molecule has 144 valence electrons. The quantitative estimate of drug-likeness (QED) is 0.681. The number of hydrogen-bond donors (Lipinski definition) is 1. The molecule has 1 aliphatic rings. The van der Waals surface area contributed by atoms with Gasteiger partial charge in [-0.3, -0.25) is 4.79 Å². The Balaban J connectivity index is 1.43. The topological polar surface area (TPSA) is 81.9 Å². The highest BCUT2D eigenvalue weighted by atomic mass is 19.1. The number of para-hydroxylation sites is 1. The fourth-order valence-electron chi connectivity index (χ4n) is 2.76. The van der Waals surface area contributed by atoms with Crippen molar-refractivity contribution in [3.8, 4) is 11.6 Å². The second kappa shape index (κ2) is 7.75. The smallest absolute Gasteiger partial charge is 0.252 e. The average Bonchev–Trinajstić information content (AvgIpc) is 3.47. The Morgan fingerprint density at radius 1 is 1.29 bits per heavy atom. The fraction of sp³-hybridized carbons (Fsp3) is 0.300. The lowest BCUT2D eigenvalue weighted by atomic mass is 10.2. The second-order valence-electron chi connectivity index (χ2n) is 6.81. The van der Waals surface area contributed by atoms with E-state index < -0.39 is 5.82 Å². The molecule has 3 aromatic rings. The van der Waals surface area contributed by atoms with Crippen LogP contribution < -0.4 is 10.1 Å². The monoisotopic (exact) mass is 381 g/mol. The first-order valence-corrected chi connectivity index (χ1v) is 9.15. The Bertz CT molecular complexity index is 983. The van der Waals surface area contributed by atoms with Crippen LogP contribution in [0.5, 0.6) is 5.88 Å². The van der Waals surface area contributed by atoms with E-state index in [0.717, 1.165) is 0 Å². The predicted molar refractivity (Wildman–Crippen MR) is 99.7 cm³/mol. The fourth-order valence-corrected chi connectivity index (χ4v) is 2.76. The van der Waals surface area contributed by atoms with Crippen molar-refractivity contribution < 1.29 is 13.9 Å². The van der Waals surface area contributed by atoms with Gasteiger partial charge in [-0.2, -0.15) is 0 Å². The summed E-state index contributed by atoms with van der Waals surface area (Å²) in [5, 5.41) is 10.9. The van der Waals surface area contributed by atoms with Crippen LogP contribution in [0, 0.1) is 18.7 Å². The molecule has 1 N–H and O–H groups in total. The first-order valence-electron chi connectivity index (χ1n) is 9.15. The number of nitrogens with zero attached hydrogens (tertiary/aromatic N) is 4. The van der Waals surface area contributed by atoms with E-state index in [2.05, 4.69) is 20.6 Å². The number of rotatable bonds is 7. The van der Waals surface area contributed by atoms with Crippen LogP contribution in [-0.4, -0.2) is 32.4 Å². The summed E-state index contributed by atoms with van der Waals surface area (Å²) >= 11 is 0. The third-order valence-electron chi connectivity index (χ3n) is 4.64. The van der Waals surface area contributed by atoms with Gasteiger partial charge in [0.2, 0.25) is 5.88 Å².